The van der Waals surface area contributed by atoms with Gasteiger partial charge in [-0.25, -0.2) is 0 Å². The van der Waals surface area contributed by atoms with Gasteiger partial charge in [0.05, 0.1) is 12.3 Å². The highest BCUT2D eigenvalue weighted by Crippen LogP contribution is 2.22. The third-order valence-corrected chi connectivity index (χ3v) is 2.82. The van der Waals surface area contributed by atoms with E-state index in [0.717, 1.165) is 29.9 Å². The standard InChI is InChI=1S/C13H17N3O/c1-2-13-11(6-8-17-13)12(16-14)9-10-5-3-4-7-15-10/h3-8,12,16H,2,9,14H2,1H3. The summed E-state index contributed by atoms with van der Waals surface area (Å²) in [6.07, 6.45) is 5.11. The molecule has 1 atom stereocenters. The minimum atomic E-state index is 0.0404. The van der Waals surface area contributed by atoms with Crippen LogP contribution >= 0.6 is 0 Å². The van der Waals surface area contributed by atoms with E-state index in [0.29, 0.717) is 0 Å². The normalized spacial score (nSPS) is 12.6. The van der Waals surface area contributed by atoms with E-state index < -0.39 is 0 Å². The molecule has 0 aliphatic rings. The number of nitrogens with two attached hydrogens (primary N) is 1. The zero-order chi connectivity index (χ0) is 12.1. The SMILES string of the molecule is CCc1occc1C(Cc1ccccn1)NN. The van der Waals surface area contributed by atoms with Crippen LogP contribution < -0.4 is 11.3 Å². The Morgan fingerprint density at radius 1 is 1.41 bits per heavy atom. The van der Waals surface area contributed by atoms with Gasteiger partial charge in [0.15, 0.2) is 0 Å². The average Bonchev–Trinajstić information content (AvgIpc) is 2.85. The van der Waals surface area contributed by atoms with Crippen molar-refractivity contribution < 1.29 is 4.42 Å². The fraction of sp³-hybridized carbons (Fsp3) is 0.308. The molecule has 0 aliphatic carbocycles. The number of aryl methyl sites for hydroxylation is 1. The van der Waals surface area contributed by atoms with Gasteiger partial charge in [-0.15, -0.1) is 0 Å². The highest BCUT2D eigenvalue weighted by molar-refractivity contribution is 5.23. The Morgan fingerprint density at radius 3 is 2.94 bits per heavy atom. The summed E-state index contributed by atoms with van der Waals surface area (Å²) in [4.78, 5) is 4.31. The second-order valence-electron chi connectivity index (χ2n) is 3.90. The summed E-state index contributed by atoms with van der Waals surface area (Å²) < 4.78 is 5.42. The molecule has 0 aliphatic heterocycles. The first kappa shape index (κ1) is 11.8. The molecule has 2 aromatic heterocycles. The molecular formula is C13H17N3O. The van der Waals surface area contributed by atoms with Crippen molar-refractivity contribution in [2.75, 3.05) is 0 Å². The second kappa shape index (κ2) is 5.61. The maximum absolute atomic E-state index is 5.62. The Hall–Kier alpha value is -1.65. The number of pyridine rings is 1. The van der Waals surface area contributed by atoms with Gasteiger partial charge in [-0.3, -0.25) is 16.3 Å². The van der Waals surface area contributed by atoms with E-state index in [2.05, 4.69) is 17.3 Å². The number of nitrogens with one attached hydrogen (secondary N) is 1. The molecule has 17 heavy (non-hydrogen) atoms. The van der Waals surface area contributed by atoms with Crippen LogP contribution in [0.4, 0.5) is 0 Å². The van der Waals surface area contributed by atoms with E-state index in [1.807, 2.05) is 24.3 Å². The monoisotopic (exact) mass is 231 g/mol. The molecule has 0 radical (unpaired) electrons. The molecule has 4 nitrogen and oxygen atoms in total. The summed E-state index contributed by atoms with van der Waals surface area (Å²) in [5, 5.41) is 0. The first-order valence-corrected chi connectivity index (χ1v) is 5.77. The highest BCUT2D eigenvalue weighted by Gasteiger charge is 2.16. The van der Waals surface area contributed by atoms with E-state index in [1.54, 1.807) is 12.5 Å². The predicted molar refractivity (Wildman–Crippen MR) is 66.1 cm³/mol. The van der Waals surface area contributed by atoms with Crippen LogP contribution in [0.15, 0.2) is 41.1 Å². The number of furan rings is 1. The molecule has 90 valence electrons. The van der Waals surface area contributed by atoms with Crippen molar-refractivity contribution >= 4 is 0 Å². The molecule has 1 unspecified atom stereocenters. The van der Waals surface area contributed by atoms with Gasteiger partial charge in [0, 0.05) is 30.3 Å². The van der Waals surface area contributed by atoms with E-state index in [1.165, 1.54) is 0 Å². The molecule has 0 bridgehead atoms. The van der Waals surface area contributed by atoms with Crippen molar-refractivity contribution in [1.29, 1.82) is 0 Å². The van der Waals surface area contributed by atoms with Crippen LogP contribution in [0, 0.1) is 0 Å². The molecule has 2 heterocycles. The van der Waals surface area contributed by atoms with Gasteiger partial charge in [-0.1, -0.05) is 13.0 Å². The van der Waals surface area contributed by atoms with Crippen molar-refractivity contribution in [3.8, 4) is 0 Å². The third-order valence-electron chi connectivity index (χ3n) is 2.82. The summed E-state index contributed by atoms with van der Waals surface area (Å²) in [5.41, 5.74) is 4.95. The number of rotatable bonds is 5. The summed E-state index contributed by atoms with van der Waals surface area (Å²) in [5.74, 6) is 6.59. The largest absolute Gasteiger partial charge is 0.469 e. The maximum atomic E-state index is 5.62. The minimum Gasteiger partial charge on any atom is -0.469 e. The number of hydrogen-bond donors (Lipinski definition) is 2. The van der Waals surface area contributed by atoms with E-state index >= 15 is 0 Å². The first-order valence-electron chi connectivity index (χ1n) is 5.77. The molecule has 0 fully saturated rings. The lowest BCUT2D eigenvalue weighted by Crippen LogP contribution is -2.30. The van der Waals surface area contributed by atoms with E-state index in [9.17, 15) is 0 Å². The van der Waals surface area contributed by atoms with Crippen LogP contribution in [0.3, 0.4) is 0 Å². The lowest BCUT2D eigenvalue weighted by molar-refractivity contribution is 0.486. The van der Waals surface area contributed by atoms with Crippen molar-refractivity contribution in [1.82, 2.24) is 10.4 Å². The molecule has 0 amide bonds. The van der Waals surface area contributed by atoms with Crippen LogP contribution in [0.2, 0.25) is 0 Å². The van der Waals surface area contributed by atoms with Gasteiger partial charge in [0.1, 0.15) is 5.76 Å². The van der Waals surface area contributed by atoms with Crippen molar-refractivity contribution in [2.45, 2.75) is 25.8 Å². The first-order chi connectivity index (χ1) is 8.35. The second-order valence-corrected chi connectivity index (χ2v) is 3.90. The summed E-state index contributed by atoms with van der Waals surface area (Å²) >= 11 is 0. The van der Waals surface area contributed by atoms with Crippen molar-refractivity contribution in [3.63, 3.8) is 0 Å². The van der Waals surface area contributed by atoms with Gasteiger partial charge >= 0.3 is 0 Å². The van der Waals surface area contributed by atoms with Gasteiger partial charge in [-0.05, 0) is 18.2 Å². The molecule has 2 aromatic rings. The number of nitrogens with zero attached hydrogens (tertiary/aromatic N) is 1. The molecular weight excluding hydrogens is 214 g/mol. The summed E-state index contributed by atoms with van der Waals surface area (Å²) in [6.45, 7) is 2.07. The number of aromatic nitrogens is 1. The third kappa shape index (κ3) is 2.72. The Balaban J connectivity index is 2.17. The van der Waals surface area contributed by atoms with Crippen LogP contribution in [0.1, 0.15) is 30.0 Å². The Labute approximate surface area is 101 Å². The van der Waals surface area contributed by atoms with Crippen molar-refractivity contribution in [3.05, 3.63) is 53.7 Å². The Kier molecular flexibility index (Phi) is 3.90. The van der Waals surface area contributed by atoms with Crippen molar-refractivity contribution in [2.24, 2.45) is 5.84 Å². The number of hydrazine groups is 1. The molecule has 0 saturated heterocycles. The predicted octanol–water partition coefficient (Wildman–Crippen LogP) is 1.98. The van der Waals surface area contributed by atoms with E-state index in [-0.39, 0.29) is 6.04 Å². The quantitative estimate of drug-likeness (QED) is 0.610. The molecule has 0 saturated carbocycles. The summed E-state index contributed by atoms with van der Waals surface area (Å²) in [7, 11) is 0. The minimum absolute atomic E-state index is 0.0404. The van der Waals surface area contributed by atoms with Crippen LogP contribution in [0.25, 0.3) is 0 Å². The van der Waals surface area contributed by atoms with Gasteiger partial charge in [0.25, 0.3) is 0 Å². The zero-order valence-corrected chi connectivity index (χ0v) is 9.89. The van der Waals surface area contributed by atoms with Crippen LogP contribution in [-0.2, 0) is 12.8 Å². The molecule has 0 spiro atoms. The summed E-state index contributed by atoms with van der Waals surface area (Å²) in [6, 6.07) is 7.89. The van der Waals surface area contributed by atoms with E-state index in [4.69, 9.17) is 10.3 Å². The smallest absolute Gasteiger partial charge is 0.108 e. The molecule has 3 N–H and O–H groups in total. The fourth-order valence-corrected chi connectivity index (χ4v) is 1.94. The van der Waals surface area contributed by atoms with Gasteiger partial charge < -0.3 is 4.42 Å². The number of hydrogen-bond acceptors (Lipinski definition) is 4. The lowest BCUT2D eigenvalue weighted by atomic mass is 10.0. The molecule has 0 aromatic carbocycles. The van der Waals surface area contributed by atoms with Crippen LogP contribution in [-0.4, -0.2) is 4.98 Å². The van der Waals surface area contributed by atoms with Gasteiger partial charge in [0.2, 0.25) is 0 Å². The maximum Gasteiger partial charge on any atom is 0.108 e. The Morgan fingerprint density at radius 2 is 2.29 bits per heavy atom. The van der Waals surface area contributed by atoms with Crippen LogP contribution in [0.5, 0.6) is 0 Å². The average molecular weight is 231 g/mol. The lowest BCUT2D eigenvalue weighted by Gasteiger charge is -2.15. The topological polar surface area (TPSA) is 64.1 Å². The fourth-order valence-electron chi connectivity index (χ4n) is 1.94. The molecule has 4 heteroatoms. The highest BCUT2D eigenvalue weighted by atomic mass is 16.3. The Bertz CT molecular complexity index is 453. The molecule has 2 rings (SSSR count). The van der Waals surface area contributed by atoms with Gasteiger partial charge in [-0.2, -0.15) is 0 Å². The zero-order valence-electron chi connectivity index (χ0n) is 9.89.